The number of carbonyl (C=O) groups excluding carboxylic acids is 2. The molecular formula is C20H32N2O2. The molecule has 4 heteroatoms. The van der Waals surface area contributed by atoms with E-state index in [9.17, 15) is 9.59 Å². The van der Waals surface area contributed by atoms with Crippen LogP contribution >= 0.6 is 0 Å². The van der Waals surface area contributed by atoms with Crippen molar-refractivity contribution in [3.63, 3.8) is 0 Å². The van der Waals surface area contributed by atoms with Crippen molar-refractivity contribution in [3.8, 4) is 0 Å². The third kappa shape index (κ3) is 6.73. The number of hydrogen-bond acceptors (Lipinski definition) is 2. The van der Waals surface area contributed by atoms with Crippen molar-refractivity contribution in [1.29, 1.82) is 0 Å². The first kappa shape index (κ1) is 20.2. The Balaban J connectivity index is 2.65. The monoisotopic (exact) mass is 332 g/mol. The minimum absolute atomic E-state index is 0.0264. The molecule has 1 aromatic rings. The molecule has 4 nitrogen and oxygen atoms in total. The zero-order valence-corrected chi connectivity index (χ0v) is 16.0. The minimum Gasteiger partial charge on any atom is -0.342 e. The van der Waals surface area contributed by atoms with Gasteiger partial charge in [0.25, 0.3) is 0 Å². The van der Waals surface area contributed by atoms with E-state index in [1.807, 2.05) is 24.3 Å². The number of para-hydroxylation sites is 1. The van der Waals surface area contributed by atoms with Crippen LogP contribution in [-0.2, 0) is 15.0 Å². The molecule has 0 fully saturated rings. The summed E-state index contributed by atoms with van der Waals surface area (Å²) in [5.74, 6) is 0.514. The lowest BCUT2D eigenvalue weighted by Gasteiger charge is -2.24. The number of carbonyl (C=O) groups is 2. The summed E-state index contributed by atoms with van der Waals surface area (Å²) in [6.45, 7) is 13.4. The van der Waals surface area contributed by atoms with E-state index in [1.54, 1.807) is 11.8 Å². The fourth-order valence-corrected chi connectivity index (χ4v) is 2.54. The van der Waals surface area contributed by atoms with Crippen molar-refractivity contribution in [3.05, 3.63) is 29.8 Å². The van der Waals surface area contributed by atoms with Gasteiger partial charge in [0.05, 0.1) is 0 Å². The number of amides is 2. The summed E-state index contributed by atoms with van der Waals surface area (Å²) >= 11 is 0. The number of hydrogen-bond donors (Lipinski definition) is 1. The number of nitrogens with zero attached hydrogens (tertiary/aromatic N) is 1. The maximum Gasteiger partial charge on any atom is 0.226 e. The molecule has 1 N–H and O–H groups in total. The van der Waals surface area contributed by atoms with E-state index in [0.29, 0.717) is 25.4 Å². The summed E-state index contributed by atoms with van der Waals surface area (Å²) < 4.78 is 0. The lowest BCUT2D eigenvalue weighted by Crippen LogP contribution is -2.33. The zero-order chi connectivity index (χ0) is 18.3. The molecule has 0 bridgehead atoms. The molecule has 0 spiro atoms. The number of benzene rings is 1. The molecule has 134 valence electrons. The molecule has 24 heavy (non-hydrogen) atoms. The number of rotatable bonds is 7. The van der Waals surface area contributed by atoms with E-state index in [2.05, 4.69) is 39.9 Å². The van der Waals surface area contributed by atoms with Gasteiger partial charge in [-0.05, 0) is 29.4 Å². The molecule has 0 saturated carbocycles. The molecule has 0 heterocycles. The second kappa shape index (κ2) is 8.86. The lowest BCUT2D eigenvalue weighted by atomic mass is 9.86. The van der Waals surface area contributed by atoms with Gasteiger partial charge in [0.2, 0.25) is 11.8 Å². The standard InChI is InChI=1S/C20H32N2O2/c1-15(2)11-13-22(16(3)23)14-12-19(24)21-18-10-8-7-9-17(18)20(4,5)6/h7-10,15H,11-14H2,1-6H3,(H,21,24). The third-order valence-corrected chi connectivity index (χ3v) is 4.04. The van der Waals surface area contributed by atoms with Gasteiger partial charge in [-0.15, -0.1) is 0 Å². The van der Waals surface area contributed by atoms with Crippen molar-refractivity contribution in [1.82, 2.24) is 4.90 Å². The zero-order valence-electron chi connectivity index (χ0n) is 16.0. The Bertz CT molecular complexity index is 559. The first-order valence-electron chi connectivity index (χ1n) is 8.76. The Hall–Kier alpha value is -1.84. The SMILES string of the molecule is CC(=O)N(CCC(=O)Nc1ccccc1C(C)(C)C)CCC(C)C. The molecule has 0 radical (unpaired) electrons. The van der Waals surface area contributed by atoms with Crippen LogP contribution in [0.15, 0.2) is 24.3 Å². The van der Waals surface area contributed by atoms with E-state index in [0.717, 1.165) is 17.7 Å². The van der Waals surface area contributed by atoms with E-state index in [1.165, 1.54) is 0 Å². The van der Waals surface area contributed by atoms with Crippen LogP contribution in [0.4, 0.5) is 5.69 Å². The van der Waals surface area contributed by atoms with Crippen LogP contribution in [0.5, 0.6) is 0 Å². The molecule has 1 rings (SSSR count). The van der Waals surface area contributed by atoms with Crippen LogP contribution in [-0.4, -0.2) is 29.8 Å². The normalized spacial score (nSPS) is 11.5. The van der Waals surface area contributed by atoms with Crippen molar-refractivity contribution >= 4 is 17.5 Å². The van der Waals surface area contributed by atoms with Crippen LogP contribution < -0.4 is 5.32 Å². The Kier molecular flexibility index (Phi) is 7.46. The average molecular weight is 332 g/mol. The molecule has 0 unspecified atom stereocenters. The van der Waals surface area contributed by atoms with Gasteiger partial charge >= 0.3 is 0 Å². The van der Waals surface area contributed by atoms with Crippen molar-refractivity contribution in [2.45, 2.75) is 59.8 Å². The molecule has 0 aliphatic carbocycles. The molecule has 2 amide bonds. The van der Waals surface area contributed by atoms with Gasteiger partial charge in [0.15, 0.2) is 0 Å². The summed E-state index contributed by atoms with van der Waals surface area (Å²) in [5.41, 5.74) is 1.93. The van der Waals surface area contributed by atoms with Crippen LogP contribution in [0.2, 0.25) is 0 Å². The Morgan fingerprint density at radius 2 is 1.75 bits per heavy atom. The van der Waals surface area contributed by atoms with Crippen LogP contribution in [0.3, 0.4) is 0 Å². The maximum absolute atomic E-state index is 12.3. The van der Waals surface area contributed by atoms with E-state index >= 15 is 0 Å². The highest BCUT2D eigenvalue weighted by atomic mass is 16.2. The van der Waals surface area contributed by atoms with Gasteiger partial charge in [-0.1, -0.05) is 52.8 Å². The maximum atomic E-state index is 12.3. The van der Waals surface area contributed by atoms with Crippen LogP contribution in [0.25, 0.3) is 0 Å². The Morgan fingerprint density at radius 1 is 1.12 bits per heavy atom. The number of nitrogens with one attached hydrogen (secondary N) is 1. The highest BCUT2D eigenvalue weighted by Crippen LogP contribution is 2.29. The summed E-state index contributed by atoms with van der Waals surface area (Å²) in [7, 11) is 0. The van der Waals surface area contributed by atoms with Crippen LogP contribution in [0.1, 0.15) is 59.9 Å². The van der Waals surface area contributed by atoms with Crippen molar-refractivity contribution in [2.75, 3.05) is 18.4 Å². The van der Waals surface area contributed by atoms with Crippen molar-refractivity contribution in [2.24, 2.45) is 5.92 Å². The van der Waals surface area contributed by atoms with E-state index in [4.69, 9.17) is 0 Å². The van der Waals surface area contributed by atoms with Gasteiger partial charge < -0.3 is 10.2 Å². The van der Waals surface area contributed by atoms with E-state index < -0.39 is 0 Å². The Labute approximate surface area is 146 Å². The molecule has 0 aliphatic rings. The quantitative estimate of drug-likeness (QED) is 0.813. The van der Waals surface area contributed by atoms with Gasteiger partial charge in [0, 0.05) is 32.1 Å². The topological polar surface area (TPSA) is 49.4 Å². The van der Waals surface area contributed by atoms with Gasteiger partial charge in [0.1, 0.15) is 0 Å². The molecule has 1 aromatic carbocycles. The average Bonchev–Trinajstić information content (AvgIpc) is 2.45. The fraction of sp³-hybridized carbons (Fsp3) is 0.600. The summed E-state index contributed by atoms with van der Waals surface area (Å²) in [6.07, 6.45) is 1.27. The van der Waals surface area contributed by atoms with Crippen LogP contribution in [0, 0.1) is 5.92 Å². The Morgan fingerprint density at radius 3 is 2.29 bits per heavy atom. The molecule has 0 aliphatic heterocycles. The lowest BCUT2D eigenvalue weighted by molar-refractivity contribution is -0.129. The largest absolute Gasteiger partial charge is 0.342 e. The van der Waals surface area contributed by atoms with Crippen molar-refractivity contribution < 1.29 is 9.59 Å². The first-order chi connectivity index (χ1) is 11.1. The predicted molar refractivity (Wildman–Crippen MR) is 100 cm³/mol. The highest BCUT2D eigenvalue weighted by molar-refractivity contribution is 5.92. The minimum atomic E-state index is -0.0532. The predicted octanol–water partition coefficient (Wildman–Crippen LogP) is 4.21. The summed E-state index contributed by atoms with van der Waals surface area (Å²) in [6, 6.07) is 7.88. The highest BCUT2D eigenvalue weighted by Gasteiger charge is 2.19. The first-order valence-corrected chi connectivity index (χ1v) is 8.76. The molecule has 0 aromatic heterocycles. The van der Waals surface area contributed by atoms with Gasteiger partial charge in [-0.2, -0.15) is 0 Å². The second-order valence-electron chi connectivity index (χ2n) is 7.78. The molecule has 0 saturated heterocycles. The molecular weight excluding hydrogens is 300 g/mol. The summed E-state index contributed by atoms with van der Waals surface area (Å²) in [4.78, 5) is 25.8. The summed E-state index contributed by atoms with van der Waals surface area (Å²) in [5, 5.41) is 3.00. The third-order valence-electron chi connectivity index (χ3n) is 4.04. The number of anilines is 1. The van der Waals surface area contributed by atoms with E-state index in [-0.39, 0.29) is 17.2 Å². The second-order valence-corrected chi connectivity index (χ2v) is 7.78. The molecule has 0 atom stereocenters. The fourth-order valence-electron chi connectivity index (χ4n) is 2.54. The smallest absolute Gasteiger partial charge is 0.226 e. The van der Waals surface area contributed by atoms with Gasteiger partial charge in [-0.3, -0.25) is 9.59 Å². The van der Waals surface area contributed by atoms with Gasteiger partial charge in [-0.25, -0.2) is 0 Å².